The molecule has 29 heavy (non-hydrogen) atoms. The number of amides is 2. The molecule has 0 saturated heterocycles. The van der Waals surface area contributed by atoms with Crippen molar-refractivity contribution in [2.45, 2.75) is 33.3 Å². The first-order valence-electron chi connectivity index (χ1n) is 9.39. The highest BCUT2D eigenvalue weighted by atomic mass is 16.5. The quantitative estimate of drug-likeness (QED) is 0.838. The van der Waals surface area contributed by atoms with Crippen LogP contribution in [0.15, 0.2) is 42.5 Å². The maximum Gasteiger partial charge on any atom is 0.335 e. The Kier molecular flexibility index (Phi) is 5.33. The molecule has 0 atom stereocenters. The van der Waals surface area contributed by atoms with Gasteiger partial charge in [0, 0.05) is 12.2 Å². The molecule has 0 unspecified atom stereocenters. The van der Waals surface area contributed by atoms with Gasteiger partial charge in [-0.05, 0) is 63.6 Å². The van der Waals surface area contributed by atoms with Gasteiger partial charge in [-0.2, -0.15) is 0 Å². The molecule has 2 amide bonds. The molecule has 0 fully saturated rings. The van der Waals surface area contributed by atoms with E-state index in [0.29, 0.717) is 12.2 Å². The summed E-state index contributed by atoms with van der Waals surface area (Å²) in [5.41, 5.74) is 1.01. The zero-order valence-electron chi connectivity index (χ0n) is 16.9. The highest BCUT2D eigenvalue weighted by Gasteiger charge is 2.42. The normalized spacial score (nSPS) is 14.8. The van der Waals surface area contributed by atoms with E-state index >= 15 is 0 Å². The second kappa shape index (κ2) is 7.58. The molecule has 0 spiro atoms. The first-order chi connectivity index (χ1) is 13.6. The zero-order valence-corrected chi connectivity index (χ0v) is 16.9. The summed E-state index contributed by atoms with van der Waals surface area (Å²) in [5, 5.41) is 9.24. The number of hydrogen-bond donors (Lipinski definition) is 1. The van der Waals surface area contributed by atoms with Crippen molar-refractivity contribution in [3.05, 3.63) is 53.6 Å². The Balaban J connectivity index is 1.96. The van der Waals surface area contributed by atoms with E-state index in [1.807, 2.05) is 38.1 Å². The van der Waals surface area contributed by atoms with Crippen LogP contribution < -0.4 is 14.5 Å². The molecule has 7 nitrogen and oxygen atoms in total. The van der Waals surface area contributed by atoms with Gasteiger partial charge in [-0.15, -0.1) is 0 Å². The molecule has 1 aliphatic heterocycles. The molecule has 0 bridgehead atoms. The number of likely N-dealkylation sites (N-methyl/N-ethyl adjacent to an activating group) is 1. The number of aryl methyl sites for hydroxylation is 1. The second-order valence-electron chi connectivity index (χ2n) is 7.47. The average molecular weight is 396 g/mol. The Morgan fingerprint density at radius 1 is 1.17 bits per heavy atom. The average Bonchev–Trinajstić information content (AvgIpc) is 2.65. The molecule has 1 N–H and O–H groups in total. The maximum absolute atomic E-state index is 13.1. The summed E-state index contributed by atoms with van der Waals surface area (Å²) >= 11 is 0. The molecule has 0 radical (unpaired) electrons. The molecular formula is C22H24N2O5. The highest BCUT2D eigenvalue weighted by molar-refractivity contribution is 6.08. The topological polar surface area (TPSA) is 87.2 Å². The van der Waals surface area contributed by atoms with Crippen LogP contribution in [0.25, 0.3) is 0 Å². The number of benzene rings is 2. The standard InChI is InChI=1S/C22H24N2O5/c1-5-23(16-8-6-7-14(2)11-16)19(25)13-24-17-10-9-15(20(26)27)12-18(17)29-22(3,4)21(24)28/h6-12H,5,13H2,1-4H3,(H,26,27). The van der Waals surface area contributed by atoms with E-state index in [9.17, 15) is 19.5 Å². The summed E-state index contributed by atoms with van der Waals surface area (Å²) in [5.74, 6) is -1.43. The summed E-state index contributed by atoms with van der Waals surface area (Å²) in [7, 11) is 0. The number of nitrogens with zero attached hydrogens (tertiary/aromatic N) is 2. The molecule has 1 heterocycles. The van der Waals surface area contributed by atoms with Crippen molar-refractivity contribution in [1.29, 1.82) is 0 Å². The summed E-state index contributed by atoms with van der Waals surface area (Å²) in [6, 6.07) is 11.9. The molecule has 1 aliphatic rings. The number of fused-ring (bicyclic) bond motifs is 1. The lowest BCUT2D eigenvalue weighted by Gasteiger charge is -2.39. The van der Waals surface area contributed by atoms with Crippen molar-refractivity contribution >= 4 is 29.2 Å². The fraction of sp³-hybridized carbons (Fsp3) is 0.318. The van der Waals surface area contributed by atoms with Crippen LogP contribution in [0.3, 0.4) is 0 Å². The smallest absolute Gasteiger partial charge is 0.335 e. The van der Waals surface area contributed by atoms with Gasteiger partial charge in [0.15, 0.2) is 5.60 Å². The van der Waals surface area contributed by atoms with Crippen LogP contribution in [0.5, 0.6) is 5.75 Å². The number of hydrogen-bond acceptors (Lipinski definition) is 4. The fourth-order valence-electron chi connectivity index (χ4n) is 3.38. The fourth-order valence-corrected chi connectivity index (χ4v) is 3.38. The maximum atomic E-state index is 13.1. The number of carbonyl (C=O) groups is 3. The van der Waals surface area contributed by atoms with Gasteiger partial charge in [-0.1, -0.05) is 12.1 Å². The molecule has 2 aromatic carbocycles. The largest absolute Gasteiger partial charge is 0.478 e. The first kappa shape index (κ1) is 20.4. The SMILES string of the molecule is CCN(C(=O)CN1C(=O)C(C)(C)Oc2cc(C(=O)O)ccc21)c1cccc(C)c1. The molecule has 0 saturated carbocycles. The van der Waals surface area contributed by atoms with Gasteiger partial charge >= 0.3 is 5.97 Å². The van der Waals surface area contributed by atoms with E-state index in [-0.39, 0.29) is 29.7 Å². The van der Waals surface area contributed by atoms with Gasteiger partial charge in [-0.25, -0.2) is 4.79 Å². The van der Waals surface area contributed by atoms with Crippen LogP contribution in [0.2, 0.25) is 0 Å². The molecule has 3 rings (SSSR count). The van der Waals surface area contributed by atoms with Crippen molar-refractivity contribution in [2.75, 3.05) is 22.9 Å². The number of rotatable bonds is 5. The number of carbonyl (C=O) groups excluding carboxylic acids is 2. The zero-order chi connectivity index (χ0) is 21.3. The minimum atomic E-state index is -1.22. The van der Waals surface area contributed by atoms with Crippen LogP contribution in [0.4, 0.5) is 11.4 Å². The predicted molar refractivity (Wildman–Crippen MR) is 110 cm³/mol. The summed E-state index contributed by atoms with van der Waals surface area (Å²) in [6.07, 6.45) is 0. The summed E-state index contributed by atoms with van der Waals surface area (Å²) in [6.45, 7) is 7.30. The lowest BCUT2D eigenvalue weighted by Crippen LogP contribution is -2.55. The van der Waals surface area contributed by atoms with Gasteiger partial charge in [0.1, 0.15) is 12.3 Å². The van der Waals surface area contributed by atoms with Crippen LogP contribution >= 0.6 is 0 Å². The van der Waals surface area contributed by atoms with E-state index in [2.05, 4.69) is 0 Å². The van der Waals surface area contributed by atoms with E-state index < -0.39 is 11.6 Å². The minimum absolute atomic E-state index is 0.0510. The van der Waals surface area contributed by atoms with Gasteiger partial charge in [0.2, 0.25) is 5.91 Å². The van der Waals surface area contributed by atoms with Crippen molar-refractivity contribution in [3.8, 4) is 5.75 Å². The second-order valence-corrected chi connectivity index (χ2v) is 7.47. The summed E-state index contributed by atoms with van der Waals surface area (Å²) < 4.78 is 5.74. The number of anilines is 2. The Labute approximate surface area is 169 Å². The Bertz CT molecular complexity index is 983. The highest BCUT2D eigenvalue weighted by Crippen LogP contribution is 2.38. The lowest BCUT2D eigenvalue weighted by atomic mass is 10.0. The van der Waals surface area contributed by atoms with Crippen LogP contribution in [-0.2, 0) is 9.59 Å². The monoisotopic (exact) mass is 396 g/mol. The minimum Gasteiger partial charge on any atom is -0.478 e. The van der Waals surface area contributed by atoms with Crippen molar-refractivity contribution in [3.63, 3.8) is 0 Å². The van der Waals surface area contributed by atoms with Gasteiger partial charge in [0.05, 0.1) is 11.3 Å². The number of ether oxygens (including phenoxy) is 1. The molecule has 0 aliphatic carbocycles. The van der Waals surface area contributed by atoms with Gasteiger partial charge in [-0.3, -0.25) is 14.5 Å². The first-order valence-corrected chi connectivity index (χ1v) is 9.39. The molecular weight excluding hydrogens is 372 g/mol. The number of carboxylic acids is 1. The third-order valence-corrected chi connectivity index (χ3v) is 4.85. The van der Waals surface area contributed by atoms with E-state index in [1.165, 1.54) is 23.1 Å². The number of carboxylic acid groups (broad SMARTS) is 1. The van der Waals surface area contributed by atoms with E-state index in [1.54, 1.807) is 18.7 Å². The molecule has 7 heteroatoms. The third-order valence-electron chi connectivity index (χ3n) is 4.85. The van der Waals surface area contributed by atoms with Crippen molar-refractivity contribution in [1.82, 2.24) is 0 Å². The van der Waals surface area contributed by atoms with Gasteiger partial charge < -0.3 is 14.7 Å². The van der Waals surface area contributed by atoms with Crippen molar-refractivity contribution in [2.24, 2.45) is 0 Å². The van der Waals surface area contributed by atoms with E-state index in [0.717, 1.165) is 11.3 Å². The third kappa shape index (κ3) is 3.94. The Hall–Kier alpha value is -3.35. The van der Waals surface area contributed by atoms with Gasteiger partial charge in [0.25, 0.3) is 5.91 Å². The Morgan fingerprint density at radius 2 is 1.90 bits per heavy atom. The van der Waals surface area contributed by atoms with Crippen LogP contribution in [0.1, 0.15) is 36.7 Å². The molecule has 152 valence electrons. The molecule has 0 aromatic heterocycles. The van der Waals surface area contributed by atoms with E-state index in [4.69, 9.17) is 4.74 Å². The lowest BCUT2D eigenvalue weighted by molar-refractivity contribution is -0.134. The Morgan fingerprint density at radius 3 is 2.52 bits per heavy atom. The summed E-state index contributed by atoms with van der Waals surface area (Å²) in [4.78, 5) is 40.3. The predicted octanol–water partition coefficient (Wildman–Crippen LogP) is 3.25. The van der Waals surface area contributed by atoms with Crippen molar-refractivity contribution < 1.29 is 24.2 Å². The van der Waals surface area contributed by atoms with Crippen LogP contribution in [0, 0.1) is 6.92 Å². The number of aromatic carboxylic acids is 1. The molecule has 2 aromatic rings. The van der Waals surface area contributed by atoms with Crippen LogP contribution in [-0.4, -0.2) is 41.6 Å².